The van der Waals surface area contributed by atoms with E-state index in [1.807, 2.05) is 24.3 Å². The molecule has 37 heavy (non-hydrogen) atoms. The van der Waals surface area contributed by atoms with E-state index in [0.29, 0.717) is 17.9 Å². The van der Waals surface area contributed by atoms with Gasteiger partial charge >= 0.3 is 5.97 Å². The van der Waals surface area contributed by atoms with Gasteiger partial charge in [-0.05, 0) is 67.8 Å². The molecule has 7 heteroatoms. The number of esters is 1. The Kier molecular flexibility index (Phi) is 12.6. The van der Waals surface area contributed by atoms with Gasteiger partial charge in [0.1, 0.15) is 11.5 Å². The molecule has 1 fully saturated rings. The van der Waals surface area contributed by atoms with E-state index < -0.39 is 0 Å². The molecule has 0 amide bonds. The number of hydrogen-bond acceptors (Lipinski definition) is 7. The summed E-state index contributed by atoms with van der Waals surface area (Å²) in [7, 11) is 0. The van der Waals surface area contributed by atoms with Gasteiger partial charge in [0, 0.05) is 18.4 Å². The van der Waals surface area contributed by atoms with Crippen LogP contribution in [0.2, 0.25) is 0 Å². The van der Waals surface area contributed by atoms with Gasteiger partial charge in [0.15, 0.2) is 0 Å². The Bertz CT molecular complexity index is 939. The van der Waals surface area contributed by atoms with Gasteiger partial charge < -0.3 is 18.9 Å². The topological polar surface area (TPSA) is 78.7 Å². The number of hydrogen-bond donors (Lipinski definition) is 0. The van der Waals surface area contributed by atoms with Crippen LogP contribution in [0.4, 0.5) is 11.4 Å². The van der Waals surface area contributed by atoms with Crippen molar-refractivity contribution in [2.24, 2.45) is 15.6 Å². The zero-order chi connectivity index (χ0) is 26.2. The van der Waals surface area contributed by atoms with Gasteiger partial charge in [0.05, 0.1) is 37.8 Å². The zero-order valence-electron chi connectivity index (χ0n) is 22.5. The Morgan fingerprint density at radius 2 is 1.41 bits per heavy atom. The standard InChI is InChI=1S/C30H42N2O5/c1-3-4-5-6-10-21-36-27-16-12-25(13-17-27)31-32-26-14-18-28(19-15-26)37-29(33)11-8-7-9-20-34-22-30(2)23-35-24-30/h12-19H,3-11,20-24H2,1-2H3. The van der Waals surface area contributed by atoms with Crippen molar-refractivity contribution in [3.8, 4) is 11.5 Å². The summed E-state index contributed by atoms with van der Waals surface area (Å²) in [6, 6.07) is 14.7. The number of rotatable bonds is 18. The van der Waals surface area contributed by atoms with Crippen LogP contribution < -0.4 is 9.47 Å². The molecule has 3 rings (SSSR count). The Hall–Kier alpha value is -2.77. The summed E-state index contributed by atoms with van der Waals surface area (Å²) >= 11 is 0. The van der Waals surface area contributed by atoms with Crippen LogP contribution in [0.25, 0.3) is 0 Å². The van der Waals surface area contributed by atoms with Crippen molar-refractivity contribution in [1.29, 1.82) is 0 Å². The van der Waals surface area contributed by atoms with Gasteiger partial charge in [-0.1, -0.05) is 46.0 Å². The third-order valence-electron chi connectivity index (χ3n) is 6.22. The molecule has 0 saturated carbocycles. The van der Waals surface area contributed by atoms with E-state index in [9.17, 15) is 4.79 Å². The molecule has 0 aliphatic carbocycles. The molecule has 1 saturated heterocycles. The van der Waals surface area contributed by atoms with E-state index in [1.54, 1.807) is 24.3 Å². The Balaban J connectivity index is 1.28. The number of carbonyl (C=O) groups excluding carboxylic acids is 1. The minimum absolute atomic E-state index is 0.189. The largest absolute Gasteiger partial charge is 0.494 e. The quantitative estimate of drug-likeness (QED) is 0.0879. The van der Waals surface area contributed by atoms with Gasteiger partial charge in [0.25, 0.3) is 0 Å². The highest BCUT2D eigenvalue weighted by Crippen LogP contribution is 2.27. The molecular formula is C30H42N2O5. The van der Waals surface area contributed by atoms with E-state index >= 15 is 0 Å². The van der Waals surface area contributed by atoms with E-state index in [1.165, 1.54) is 25.7 Å². The number of unbranched alkanes of at least 4 members (excludes halogenated alkanes) is 6. The highest BCUT2D eigenvalue weighted by Gasteiger charge is 2.33. The van der Waals surface area contributed by atoms with Crippen molar-refractivity contribution >= 4 is 17.3 Å². The van der Waals surface area contributed by atoms with Crippen LogP contribution >= 0.6 is 0 Å². The lowest BCUT2D eigenvalue weighted by molar-refractivity contribution is -0.138. The molecule has 7 nitrogen and oxygen atoms in total. The van der Waals surface area contributed by atoms with Crippen molar-refractivity contribution in [2.75, 3.05) is 33.0 Å². The molecule has 0 N–H and O–H groups in total. The number of benzene rings is 2. The fraction of sp³-hybridized carbons (Fsp3) is 0.567. The summed E-state index contributed by atoms with van der Waals surface area (Å²) in [5.74, 6) is 1.14. The van der Waals surface area contributed by atoms with Crippen LogP contribution in [0.15, 0.2) is 58.8 Å². The summed E-state index contributed by atoms with van der Waals surface area (Å²) in [5.41, 5.74) is 1.63. The average molecular weight is 511 g/mol. The molecule has 1 aliphatic rings. The van der Waals surface area contributed by atoms with Crippen LogP contribution in [0, 0.1) is 5.41 Å². The summed E-state index contributed by atoms with van der Waals surface area (Å²) < 4.78 is 22.2. The number of carbonyl (C=O) groups is 1. The maximum Gasteiger partial charge on any atom is 0.311 e. The molecule has 0 aromatic heterocycles. The Morgan fingerprint density at radius 1 is 0.811 bits per heavy atom. The Labute approximate surface area is 221 Å². The van der Waals surface area contributed by atoms with E-state index in [4.69, 9.17) is 18.9 Å². The van der Waals surface area contributed by atoms with Crippen LogP contribution in [-0.2, 0) is 14.3 Å². The highest BCUT2D eigenvalue weighted by atomic mass is 16.5. The van der Waals surface area contributed by atoms with Gasteiger partial charge in [0.2, 0.25) is 0 Å². The summed E-state index contributed by atoms with van der Waals surface area (Å²) in [5, 5.41) is 8.54. The summed E-state index contributed by atoms with van der Waals surface area (Å²) in [6.45, 7) is 8.16. The van der Waals surface area contributed by atoms with Crippen LogP contribution in [-0.4, -0.2) is 39.0 Å². The van der Waals surface area contributed by atoms with Crippen LogP contribution in [0.5, 0.6) is 11.5 Å². The zero-order valence-corrected chi connectivity index (χ0v) is 22.5. The molecule has 2 aromatic carbocycles. The van der Waals surface area contributed by atoms with Crippen molar-refractivity contribution < 1.29 is 23.7 Å². The maximum atomic E-state index is 12.1. The third kappa shape index (κ3) is 11.4. The first kappa shape index (κ1) is 28.8. The lowest BCUT2D eigenvalue weighted by atomic mass is 9.90. The smallest absolute Gasteiger partial charge is 0.311 e. The van der Waals surface area contributed by atoms with Crippen molar-refractivity contribution in [3.05, 3.63) is 48.5 Å². The Morgan fingerprint density at radius 3 is 2.03 bits per heavy atom. The molecule has 1 aliphatic heterocycles. The van der Waals surface area contributed by atoms with Gasteiger partial charge in [-0.25, -0.2) is 0 Å². The molecule has 1 heterocycles. The molecule has 0 atom stereocenters. The van der Waals surface area contributed by atoms with Gasteiger partial charge in [-0.3, -0.25) is 4.79 Å². The van der Waals surface area contributed by atoms with E-state index in [-0.39, 0.29) is 11.4 Å². The first-order valence-electron chi connectivity index (χ1n) is 13.7. The van der Waals surface area contributed by atoms with E-state index in [2.05, 4.69) is 24.1 Å². The first-order chi connectivity index (χ1) is 18.1. The summed E-state index contributed by atoms with van der Waals surface area (Å²) in [6.07, 6.45) is 9.18. The monoisotopic (exact) mass is 510 g/mol. The molecule has 0 bridgehead atoms. The number of ether oxygens (including phenoxy) is 4. The van der Waals surface area contributed by atoms with Crippen LogP contribution in [0.1, 0.15) is 71.6 Å². The second-order valence-corrected chi connectivity index (χ2v) is 10.1. The second kappa shape index (κ2) is 16.2. The molecular weight excluding hydrogens is 468 g/mol. The number of azo groups is 1. The highest BCUT2D eigenvalue weighted by molar-refractivity contribution is 5.72. The normalized spacial score (nSPS) is 14.4. The maximum absolute atomic E-state index is 12.1. The van der Waals surface area contributed by atoms with Crippen LogP contribution in [0.3, 0.4) is 0 Å². The minimum atomic E-state index is -0.224. The second-order valence-electron chi connectivity index (χ2n) is 10.1. The fourth-order valence-electron chi connectivity index (χ4n) is 3.89. The van der Waals surface area contributed by atoms with Crippen molar-refractivity contribution in [2.45, 2.75) is 71.6 Å². The van der Waals surface area contributed by atoms with Gasteiger partial charge in [-0.15, -0.1) is 0 Å². The van der Waals surface area contributed by atoms with Crippen molar-refractivity contribution in [3.63, 3.8) is 0 Å². The molecule has 202 valence electrons. The summed E-state index contributed by atoms with van der Waals surface area (Å²) in [4.78, 5) is 12.1. The lowest BCUT2D eigenvalue weighted by Crippen LogP contribution is -2.43. The molecule has 0 radical (unpaired) electrons. The predicted molar refractivity (Wildman–Crippen MR) is 145 cm³/mol. The SMILES string of the molecule is CCCCCCCOc1ccc(N=Nc2ccc(OC(=O)CCCCCOCC3(C)COC3)cc2)cc1. The van der Waals surface area contributed by atoms with E-state index in [0.717, 1.165) is 70.2 Å². The predicted octanol–water partition coefficient (Wildman–Crippen LogP) is 7.97. The number of nitrogens with zero attached hydrogens (tertiary/aromatic N) is 2. The van der Waals surface area contributed by atoms with Gasteiger partial charge in [-0.2, -0.15) is 10.2 Å². The minimum Gasteiger partial charge on any atom is -0.494 e. The lowest BCUT2D eigenvalue weighted by Gasteiger charge is -2.37. The average Bonchev–Trinajstić information content (AvgIpc) is 2.89. The molecule has 0 unspecified atom stereocenters. The van der Waals surface area contributed by atoms with Crippen molar-refractivity contribution in [1.82, 2.24) is 0 Å². The molecule has 0 spiro atoms. The first-order valence-corrected chi connectivity index (χ1v) is 13.7. The molecule has 2 aromatic rings. The third-order valence-corrected chi connectivity index (χ3v) is 6.22. The fourth-order valence-corrected chi connectivity index (χ4v) is 3.89.